The highest BCUT2D eigenvalue weighted by Gasteiger charge is 2.19. The van der Waals surface area contributed by atoms with E-state index in [1.165, 1.54) is 22.3 Å². The van der Waals surface area contributed by atoms with E-state index in [0.717, 1.165) is 64.4 Å². The summed E-state index contributed by atoms with van der Waals surface area (Å²) in [5.74, 6) is 2.07. The van der Waals surface area contributed by atoms with Gasteiger partial charge in [-0.3, -0.25) is 4.98 Å². The van der Waals surface area contributed by atoms with Crippen LogP contribution in [-0.2, 0) is 0 Å². The number of hydrogen-bond acceptors (Lipinski definition) is 4. The van der Waals surface area contributed by atoms with Crippen LogP contribution in [0.5, 0.6) is 0 Å². The molecule has 3 aliphatic carbocycles. The van der Waals surface area contributed by atoms with E-state index in [9.17, 15) is 0 Å². The van der Waals surface area contributed by atoms with Gasteiger partial charge in [0.2, 0.25) is 0 Å². The molecule has 4 nitrogen and oxygen atoms in total. The van der Waals surface area contributed by atoms with Crippen molar-refractivity contribution in [1.82, 2.24) is 19.9 Å². The Morgan fingerprint density at radius 2 is 1.54 bits per heavy atom. The lowest BCUT2D eigenvalue weighted by atomic mass is 9.89. The Labute approximate surface area is 306 Å². The summed E-state index contributed by atoms with van der Waals surface area (Å²) in [5.41, 5.74) is 11.5. The molecule has 252 valence electrons. The second-order valence-electron chi connectivity index (χ2n) is 13.4. The SMILES string of the molecule is CC1/C=C\C=C/CC2=C(/C=C\1c1nc(/C=C/c3ccccc3-c3ccccc3)nc(C3=CC=C(c4cnc5ccccc5c4)CC=C3)n1)CCC=C2. The van der Waals surface area contributed by atoms with Crippen LogP contribution < -0.4 is 0 Å². The van der Waals surface area contributed by atoms with Crippen molar-refractivity contribution < 1.29 is 0 Å². The summed E-state index contributed by atoms with van der Waals surface area (Å²) in [6.07, 6.45) is 34.2. The third-order valence-electron chi connectivity index (χ3n) is 9.80. The molecular weight excluding hydrogens is 633 g/mol. The van der Waals surface area contributed by atoms with E-state index in [2.05, 4.69) is 147 Å². The van der Waals surface area contributed by atoms with Crippen molar-refractivity contribution in [3.63, 3.8) is 0 Å². The third kappa shape index (κ3) is 7.42. The van der Waals surface area contributed by atoms with E-state index in [1.54, 1.807) is 0 Å². The van der Waals surface area contributed by atoms with Crippen LogP contribution in [0.3, 0.4) is 0 Å². The minimum absolute atomic E-state index is 0.0962. The number of para-hydroxylation sites is 1. The highest BCUT2D eigenvalue weighted by molar-refractivity contribution is 5.85. The van der Waals surface area contributed by atoms with Gasteiger partial charge in [-0.05, 0) is 82.9 Å². The van der Waals surface area contributed by atoms with Crippen LogP contribution in [0.4, 0.5) is 0 Å². The molecule has 4 heteroatoms. The first-order valence-corrected chi connectivity index (χ1v) is 18.1. The van der Waals surface area contributed by atoms with Gasteiger partial charge in [0.15, 0.2) is 17.5 Å². The molecule has 0 radical (unpaired) electrons. The summed E-state index contributed by atoms with van der Waals surface area (Å²) in [6, 6.07) is 29.4. The largest absolute Gasteiger partial charge is 0.256 e. The highest BCUT2D eigenvalue weighted by atomic mass is 15.0. The molecule has 3 aromatic carbocycles. The van der Waals surface area contributed by atoms with Gasteiger partial charge in [0.05, 0.1) is 5.52 Å². The summed E-state index contributed by atoms with van der Waals surface area (Å²) < 4.78 is 0. The van der Waals surface area contributed by atoms with Gasteiger partial charge in [-0.25, -0.2) is 15.0 Å². The van der Waals surface area contributed by atoms with Crippen molar-refractivity contribution in [2.24, 2.45) is 5.92 Å². The lowest BCUT2D eigenvalue weighted by Crippen LogP contribution is -2.09. The Hall–Kier alpha value is -6.26. The summed E-state index contributed by atoms with van der Waals surface area (Å²) in [7, 11) is 0. The van der Waals surface area contributed by atoms with Crippen LogP contribution >= 0.6 is 0 Å². The molecule has 5 aromatic rings. The molecule has 0 aliphatic heterocycles. The molecule has 52 heavy (non-hydrogen) atoms. The Bertz CT molecular complexity index is 2410. The molecule has 1 atom stereocenters. The average Bonchev–Trinajstić information content (AvgIpc) is 3.46. The molecule has 1 unspecified atom stereocenters. The van der Waals surface area contributed by atoms with E-state index in [0.29, 0.717) is 17.5 Å². The maximum atomic E-state index is 5.22. The normalized spacial score (nSPS) is 19.7. The molecule has 0 saturated heterocycles. The molecule has 2 aromatic heterocycles. The first kappa shape index (κ1) is 32.9. The number of allylic oxidation sites excluding steroid dienone is 16. The fourth-order valence-electron chi connectivity index (χ4n) is 6.94. The van der Waals surface area contributed by atoms with Crippen molar-refractivity contribution in [2.75, 3.05) is 0 Å². The van der Waals surface area contributed by atoms with Crippen molar-refractivity contribution in [1.29, 1.82) is 0 Å². The monoisotopic (exact) mass is 672 g/mol. The molecule has 8 rings (SSSR count). The Kier molecular flexibility index (Phi) is 9.70. The maximum absolute atomic E-state index is 5.22. The van der Waals surface area contributed by atoms with Crippen LogP contribution in [0.25, 0.3) is 50.9 Å². The second kappa shape index (κ2) is 15.3. The number of nitrogens with zero attached hydrogens (tertiary/aromatic N) is 4. The predicted octanol–water partition coefficient (Wildman–Crippen LogP) is 11.9. The van der Waals surface area contributed by atoms with Gasteiger partial charge in [0.25, 0.3) is 0 Å². The molecule has 3 aliphatic rings. The summed E-state index contributed by atoms with van der Waals surface area (Å²) in [6.45, 7) is 2.23. The van der Waals surface area contributed by atoms with Gasteiger partial charge >= 0.3 is 0 Å². The minimum Gasteiger partial charge on any atom is -0.256 e. The van der Waals surface area contributed by atoms with Crippen molar-refractivity contribution in [3.8, 4) is 11.1 Å². The minimum atomic E-state index is 0.0962. The lowest BCUT2D eigenvalue weighted by molar-refractivity contribution is 0.890. The predicted molar refractivity (Wildman–Crippen MR) is 218 cm³/mol. The first-order chi connectivity index (χ1) is 25.7. The Balaban J connectivity index is 1.24. The summed E-state index contributed by atoms with van der Waals surface area (Å²) >= 11 is 0. The van der Waals surface area contributed by atoms with E-state index in [4.69, 9.17) is 19.9 Å². The van der Waals surface area contributed by atoms with Gasteiger partial charge < -0.3 is 0 Å². The highest BCUT2D eigenvalue weighted by Crippen LogP contribution is 2.33. The van der Waals surface area contributed by atoms with Gasteiger partial charge in [-0.2, -0.15) is 0 Å². The standard InChI is InChI=1S/C48H40N4/c1-34-15-4-2-5-16-35-17-8-9-21-40(35)32-44(34)48-51-46(30-29-38-20-10-12-25-43(38)37-18-6-3-7-19-37)50-47(52-48)39-24-14-23-36(27-28-39)42-31-41-22-11-13-26-45(41)49-33-42/h2-8,10-15,17-20,22,24-34H,9,16,21,23H2,1H3/b5-2-,15-4-,30-29+,44-32+. The number of rotatable bonds is 6. The summed E-state index contributed by atoms with van der Waals surface area (Å²) in [4.78, 5) is 20.2. The molecule has 2 heterocycles. The van der Waals surface area contributed by atoms with Gasteiger partial charge in [0, 0.05) is 28.6 Å². The lowest BCUT2D eigenvalue weighted by Gasteiger charge is -2.18. The molecule has 0 saturated carbocycles. The van der Waals surface area contributed by atoms with Crippen LogP contribution in [0.15, 0.2) is 169 Å². The zero-order valence-electron chi connectivity index (χ0n) is 29.4. The van der Waals surface area contributed by atoms with Crippen molar-refractivity contribution in [3.05, 3.63) is 198 Å². The number of fused-ring (bicyclic) bond motifs is 1. The van der Waals surface area contributed by atoms with Crippen LogP contribution in [-0.4, -0.2) is 19.9 Å². The van der Waals surface area contributed by atoms with Gasteiger partial charge in [-0.15, -0.1) is 0 Å². The average molecular weight is 673 g/mol. The third-order valence-corrected chi connectivity index (χ3v) is 9.80. The smallest absolute Gasteiger partial charge is 0.164 e. The maximum Gasteiger partial charge on any atom is 0.164 e. The van der Waals surface area contributed by atoms with Crippen LogP contribution in [0.2, 0.25) is 0 Å². The zero-order chi connectivity index (χ0) is 35.1. The van der Waals surface area contributed by atoms with E-state index in [-0.39, 0.29) is 5.92 Å². The van der Waals surface area contributed by atoms with E-state index >= 15 is 0 Å². The molecular formula is C48H40N4. The zero-order valence-corrected chi connectivity index (χ0v) is 29.4. The second-order valence-corrected chi connectivity index (χ2v) is 13.4. The Morgan fingerprint density at radius 1 is 0.692 bits per heavy atom. The molecule has 0 amide bonds. The van der Waals surface area contributed by atoms with E-state index in [1.807, 2.05) is 30.5 Å². The van der Waals surface area contributed by atoms with Crippen molar-refractivity contribution >= 4 is 39.8 Å². The first-order valence-electron chi connectivity index (χ1n) is 18.1. The van der Waals surface area contributed by atoms with Crippen LogP contribution in [0, 0.1) is 5.92 Å². The molecule has 0 spiro atoms. The number of hydrogen-bond donors (Lipinski definition) is 0. The van der Waals surface area contributed by atoms with Crippen LogP contribution in [0.1, 0.15) is 61.2 Å². The van der Waals surface area contributed by atoms with Gasteiger partial charge in [-0.1, -0.05) is 153 Å². The number of pyridine rings is 1. The number of aromatic nitrogens is 4. The molecule has 0 fully saturated rings. The quantitative estimate of drug-likeness (QED) is 0.180. The number of benzene rings is 3. The fraction of sp³-hybridized carbons (Fsp3) is 0.125. The van der Waals surface area contributed by atoms with E-state index < -0.39 is 0 Å². The molecule has 0 bridgehead atoms. The van der Waals surface area contributed by atoms with Crippen molar-refractivity contribution in [2.45, 2.75) is 32.6 Å². The Morgan fingerprint density at radius 3 is 2.48 bits per heavy atom. The fourth-order valence-corrected chi connectivity index (χ4v) is 6.94. The van der Waals surface area contributed by atoms with Gasteiger partial charge in [0.1, 0.15) is 0 Å². The topological polar surface area (TPSA) is 51.6 Å². The molecule has 0 N–H and O–H groups in total. The summed E-state index contributed by atoms with van der Waals surface area (Å²) in [5, 5.41) is 1.13.